The maximum atomic E-state index is 11.9. The molecule has 1 amide bonds. The zero-order chi connectivity index (χ0) is 13.1. The number of carbonyl (C=O) groups is 1. The first-order valence-corrected chi connectivity index (χ1v) is 6.65. The molecule has 0 aliphatic carbocycles. The Morgan fingerprint density at radius 1 is 1.17 bits per heavy atom. The van der Waals surface area contributed by atoms with E-state index in [4.69, 9.17) is 23.2 Å². The van der Waals surface area contributed by atoms with E-state index in [1.54, 1.807) is 12.1 Å². The number of carbonyl (C=O) groups excluding carboxylic acids is 1. The first-order chi connectivity index (χ1) is 8.56. The molecule has 0 saturated heterocycles. The highest BCUT2D eigenvalue weighted by molar-refractivity contribution is 14.1. The van der Waals surface area contributed by atoms with Crippen LogP contribution in [0.4, 0.5) is 5.69 Å². The summed E-state index contributed by atoms with van der Waals surface area (Å²) in [5, 5.41) is 10.7. The number of amides is 1. The molecular formula is C11H6Cl2IN3O. The summed E-state index contributed by atoms with van der Waals surface area (Å²) in [6.07, 6.45) is 0. The van der Waals surface area contributed by atoms with E-state index in [0.717, 1.165) is 3.57 Å². The maximum absolute atomic E-state index is 11.9. The predicted molar refractivity (Wildman–Crippen MR) is 79.2 cm³/mol. The fraction of sp³-hybridized carbons (Fsp3) is 0. The second-order valence-electron chi connectivity index (χ2n) is 3.32. The molecule has 0 aliphatic heterocycles. The minimum absolute atomic E-state index is 0.175. The van der Waals surface area contributed by atoms with Crippen LogP contribution in [0.15, 0.2) is 30.3 Å². The Balaban J connectivity index is 2.21. The fourth-order valence-corrected chi connectivity index (χ4v) is 1.97. The number of rotatable bonds is 2. The van der Waals surface area contributed by atoms with Gasteiger partial charge in [0.15, 0.2) is 10.8 Å². The van der Waals surface area contributed by atoms with Gasteiger partial charge < -0.3 is 5.32 Å². The van der Waals surface area contributed by atoms with Crippen LogP contribution in [0.2, 0.25) is 10.2 Å². The summed E-state index contributed by atoms with van der Waals surface area (Å²) in [6.45, 7) is 0. The SMILES string of the molecule is O=C(Nc1cc(I)ccc1Cl)c1ccc(Cl)nn1. The van der Waals surface area contributed by atoms with Crippen molar-refractivity contribution in [3.63, 3.8) is 0 Å². The summed E-state index contributed by atoms with van der Waals surface area (Å²) < 4.78 is 0.967. The standard InChI is InChI=1S/C11H6Cl2IN3O/c12-7-2-1-6(14)5-9(7)15-11(18)8-3-4-10(13)17-16-8/h1-5H,(H,15,18). The molecule has 0 unspecified atom stereocenters. The van der Waals surface area contributed by atoms with Crippen molar-refractivity contribution in [3.8, 4) is 0 Å². The van der Waals surface area contributed by atoms with E-state index >= 15 is 0 Å². The molecule has 0 bridgehead atoms. The van der Waals surface area contributed by atoms with E-state index in [1.807, 2.05) is 6.07 Å². The van der Waals surface area contributed by atoms with E-state index in [2.05, 4.69) is 38.1 Å². The summed E-state index contributed by atoms with van der Waals surface area (Å²) >= 11 is 13.7. The number of nitrogens with one attached hydrogen (secondary N) is 1. The molecule has 0 saturated carbocycles. The molecule has 4 nitrogen and oxygen atoms in total. The van der Waals surface area contributed by atoms with Gasteiger partial charge in [-0.25, -0.2) is 0 Å². The lowest BCUT2D eigenvalue weighted by molar-refractivity contribution is 0.102. The van der Waals surface area contributed by atoms with Crippen LogP contribution in [-0.2, 0) is 0 Å². The van der Waals surface area contributed by atoms with Crippen molar-refractivity contribution < 1.29 is 4.79 Å². The third-order valence-electron chi connectivity index (χ3n) is 2.04. The zero-order valence-electron chi connectivity index (χ0n) is 8.82. The van der Waals surface area contributed by atoms with E-state index in [-0.39, 0.29) is 16.8 Å². The van der Waals surface area contributed by atoms with Gasteiger partial charge in [-0.2, -0.15) is 0 Å². The van der Waals surface area contributed by atoms with Gasteiger partial charge in [0.2, 0.25) is 0 Å². The van der Waals surface area contributed by atoms with Crippen LogP contribution in [0, 0.1) is 3.57 Å². The number of anilines is 1. The molecule has 1 aromatic carbocycles. The third kappa shape index (κ3) is 3.30. The van der Waals surface area contributed by atoms with Crippen LogP contribution in [0.5, 0.6) is 0 Å². The van der Waals surface area contributed by atoms with E-state index in [1.165, 1.54) is 12.1 Å². The van der Waals surface area contributed by atoms with Crippen LogP contribution < -0.4 is 5.32 Å². The number of aromatic nitrogens is 2. The van der Waals surface area contributed by atoms with Crippen molar-refractivity contribution in [2.45, 2.75) is 0 Å². The van der Waals surface area contributed by atoms with Crippen molar-refractivity contribution in [2.24, 2.45) is 0 Å². The number of halogens is 3. The molecule has 0 atom stereocenters. The Kier molecular flexibility index (Phi) is 4.36. The topological polar surface area (TPSA) is 54.9 Å². The van der Waals surface area contributed by atoms with Gasteiger partial charge in [0.25, 0.3) is 5.91 Å². The molecule has 0 spiro atoms. The van der Waals surface area contributed by atoms with Gasteiger partial charge in [-0.05, 0) is 52.9 Å². The van der Waals surface area contributed by atoms with Crippen molar-refractivity contribution in [1.82, 2.24) is 10.2 Å². The largest absolute Gasteiger partial charge is 0.319 e. The molecule has 7 heteroatoms. The Morgan fingerprint density at radius 2 is 1.94 bits per heavy atom. The summed E-state index contributed by atoms with van der Waals surface area (Å²) in [5.41, 5.74) is 0.708. The van der Waals surface area contributed by atoms with Crippen LogP contribution >= 0.6 is 45.8 Å². The first kappa shape index (κ1) is 13.5. The average Bonchev–Trinajstić information content (AvgIpc) is 2.34. The molecular weight excluding hydrogens is 388 g/mol. The van der Waals surface area contributed by atoms with Gasteiger partial charge in [0.1, 0.15) is 0 Å². The molecule has 0 radical (unpaired) electrons. The van der Waals surface area contributed by atoms with Crippen LogP contribution in [0.3, 0.4) is 0 Å². The zero-order valence-corrected chi connectivity index (χ0v) is 12.5. The highest BCUT2D eigenvalue weighted by Gasteiger charge is 2.10. The lowest BCUT2D eigenvalue weighted by Crippen LogP contribution is -2.14. The number of benzene rings is 1. The van der Waals surface area contributed by atoms with Crippen LogP contribution in [0.1, 0.15) is 10.5 Å². The van der Waals surface area contributed by atoms with Crippen molar-refractivity contribution in [1.29, 1.82) is 0 Å². The summed E-state index contributed by atoms with van der Waals surface area (Å²) in [6, 6.07) is 8.32. The van der Waals surface area contributed by atoms with Crippen LogP contribution in [0.25, 0.3) is 0 Å². The highest BCUT2D eigenvalue weighted by atomic mass is 127. The van der Waals surface area contributed by atoms with Gasteiger partial charge in [0, 0.05) is 3.57 Å². The Labute approximate surface area is 127 Å². The van der Waals surface area contributed by atoms with Crippen molar-refractivity contribution in [3.05, 3.63) is 49.8 Å². The molecule has 1 heterocycles. The number of hydrogen-bond acceptors (Lipinski definition) is 3. The molecule has 18 heavy (non-hydrogen) atoms. The first-order valence-electron chi connectivity index (χ1n) is 4.82. The maximum Gasteiger partial charge on any atom is 0.276 e. The molecule has 1 N–H and O–H groups in total. The molecule has 0 aliphatic rings. The number of hydrogen-bond donors (Lipinski definition) is 1. The lowest BCUT2D eigenvalue weighted by atomic mass is 10.3. The summed E-state index contributed by atoms with van der Waals surface area (Å²) in [7, 11) is 0. The smallest absolute Gasteiger partial charge is 0.276 e. The van der Waals surface area contributed by atoms with Gasteiger partial charge in [-0.15, -0.1) is 10.2 Å². The second kappa shape index (κ2) is 5.81. The Bertz CT molecular complexity index is 589. The van der Waals surface area contributed by atoms with Gasteiger partial charge in [0.05, 0.1) is 10.7 Å². The minimum atomic E-state index is -0.386. The Morgan fingerprint density at radius 3 is 2.61 bits per heavy atom. The van der Waals surface area contributed by atoms with E-state index in [9.17, 15) is 4.79 Å². The second-order valence-corrected chi connectivity index (χ2v) is 5.36. The van der Waals surface area contributed by atoms with Gasteiger partial charge in [-0.3, -0.25) is 4.79 Å². The van der Waals surface area contributed by atoms with E-state index < -0.39 is 0 Å². The molecule has 2 rings (SSSR count). The van der Waals surface area contributed by atoms with Crippen molar-refractivity contribution >= 4 is 57.4 Å². The summed E-state index contributed by atoms with van der Waals surface area (Å²) in [4.78, 5) is 11.9. The molecule has 1 aromatic heterocycles. The minimum Gasteiger partial charge on any atom is -0.319 e. The Hall–Kier alpha value is -0.920. The molecule has 0 fully saturated rings. The lowest BCUT2D eigenvalue weighted by Gasteiger charge is -2.06. The number of nitrogens with zero attached hydrogens (tertiary/aromatic N) is 2. The summed E-state index contributed by atoms with van der Waals surface area (Å²) in [5.74, 6) is -0.386. The van der Waals surface area contributed by atoms with Gasteiger partial charge >= 0.3 is 0 Å². The fourth-order valence-electron chi connectivity index (χ4n) is 1.22. The average molecular weight is 394 g/mol. The normalized spacial score (nSPS) is 10.2. The molecule has 2 aromatic rings. The van der Waals surface area contributed by atoms with E-state index in [0.29, 0.717) is 10.7 Å². The van der Waals surface area contributed by atoms with Crippen molar-refractivity contribution in [2.75, 3.05) is 5.32 Å². The quantitative estimate of drug-likeness (QED) is 0.792. The molecule has 92 valence electrons. The highest BCUT2D eigenvalue weighted by Crippen LogP contribution is 2.24. The van der Waals surface area contributed by atoms with Gasteiger partial charge in [-0.1, -0.05) is 23.2 Å². The third-order valence-corrected chi connectivity index (χ3v) is 3.24. The van der Waals surface area contributed by atoms with Crippen LogP contribution in [-0.4, -0.2) is 16.1 Å². The monoisotopic (exact) mass is 393 g/mol. The predicted octanol–water partition coefficient (Wildman–Crippen LogP) is 3.64.